The van der Waals surface area contributed by atoms with Crippen molar-refractivity contribution in [3.8, 4) is 0 Å². The van der Waals surface area contributed by atoms with Gasteiger partial charge in [-0.15, -0.1) is 11.3 Å². The van der Waals surface area contributed by atoms with Gasteiger partial charge in [-0.3, -0.25) is 9.59 Å². The van der Waals surface area contributed by atoms with Crippen molar-refractivity contribution in [3.05, 3.63) is 87.9 Å². The molecule has 2 atom stereocenters. The molecule has 7 heteroatoms. The van der Waals surface area contributed by atoms with Crippen molar-refractivity contribution in [1.82, 2.24) is 5.32 Å². The smallest absolute Gasteiger partial charge is 0.253 e. The topological polar surface area (TPSA) is 67.4 Å². The molecule has 2 heterocycles. The van der Waals surface area contributed by atoms with Gasteiger partial charge in [-0.25, -0.2) is 4.39 Å². The highest BCUT2D eigenvalue weighted by Crippen LogP contribution is 2.27. The van der Waals surface area contributed by atoms with Gasteiger partial charge in [-0.1, -0.05) is 24.3 Å². The van der Waals surface area contributed by atoms with E-state index in [1.165, 1.54) is 23.5 Å². The summed E-state index contributed by atoms with van der Waals surface area (Å²) in [7, 11) is 0. The molecule has 1 saturated heterocycles. The number of carbonyl (C=O) groups excluding carboxylic acids is 2. The van der Waals surface area contributed by atoms with Crippen molar-refractivity contribution < 1.29 is 18.7 Å². The summed E-state index contributed by atoms with van der Waals surface area (Å²) < 4.78 is 18.8. The Morgan fingerprint density at radius 2 is 1.93 bits per heavy atom. The first kappa shape index (κ1) is 20.3. The molecule has 3 aromatic rings. The van der Waals surface area contributed by atoms with Crippen molar-refractivity contribution >= 4 is 28.8 Å². The maximum atomic E-state index is 13.4. The number of halogens is 1. The number of thiophene rings is 1. The van der Waals surface area contributed by atoms with Gasteiger partial charge in [0.1, 0.15) is 11.9 Å². The van der Waals surface area contributed by atoms with Crippen LogP contribution in [0.1, 0.15) is 39.7 Å². The Balaban J connectivity index is 1.51. The molecule has 4 rings (SSSR count). The van der Waals surface area contributed by atoms with Gasteiger partial charge in [0, 0.05) is 22.7 Å². The van der Waals surface area contributed by atoms with Gasteiger partial charge in [0.25, 0.3) is 11.8 Å². The van der Waals surface area contributed by atoms with Gasteiger partial charge in [-0.05, 0) is 60.2 Å². The highest BCUT2D eigenvalue weighted by Gasteiger charge is 2.24. The van der Waals surface area contributed by atoms with Crippen LogP contribution < -0.4 is 10.6 Å². The van der Waals surface area contributed by atoms with E-state index >= 15 is 0 Å². The zero-order chi connectivity index (χ0) is 20.9. The Bertz CT molecular complexity index is 1020. The average molecular weight is 424 g/mol. The fraction of sp³-hybridized carbons (Fsp3) is 0.217. The number of anilines is 1. The standard InChI is InChI=1S/C23H21FN2O3S/c24-17-10-8-15(9-11-17)21(20-7-3-13-30-20)26-22(27)16-4-1-5-18(14-16)25-23(28)19-6-2-12-29-19/h1,3-5,7-11,13-14,19,21H,2,6,12H2,(H,25,28)(H,26,27). The lowest BCUT2D eigenvalue weighted by molar-refractivity contribution is -0.124. The predicted molar refractivity (Wildman–Crippen MR) is 114 cm³/mol. The molecule has 2 amide bonds. The van der Waals surface area contributed by atoms with Crippen LogP contribution >= 0.6 is 11.3 Å². The number of nitrogens with one attached hydrogen (secondary N) is 2. The normalized spacial score (nSPS) is 16.8. The number of benzene rings is 2. The highest BCUT2D eigenvalue weighted by atomic mass is 32.1. The SMILES string of the molecule is O=C(NC(c1ccc(F)cc1)c1cccs1)c1cccc(NC(=O)C2CCCO2)c1. The molecule has 1 aromatic heterocycles. The number of rotatable bonds is 6. The minimum atomic E-state index is -0.441. The van der Waals surface area contributed by atoms with Crippen LogP contribution in [0, 0.1) is 5.82 Å². The lowest BCUT2D eigenvalue weighted by Crippen LogP contribution is -2.29. The third-order valence-corrected chi connectivity index (χ3v) is 5.86. The summed E-state index contributed by atoms with van der Waals surface area (Å²) >= 11 is 1.51. The first-order valence-electron chi connectivity index (χ1n) is 9.72. The second-order valence-electron chi connectivity index (χ2n) is 7.05. The maximum absolute atomic E-state index is 13.4. The molecule has 0 aliphatic carbocycles. The molecule has 0 saturated carbocycles. The van der Waals surface area contributed by atoms with Gasteiger partial charge in [0.15, 0.2) is 0 Å². The zero-order valence-electron chi connectivity index (χ0n) is 16.1. The molecule has 5 nitrogen and oxygen atoms in total. The minimum Gasteiger partial charge on any atom is -0.368 e. The quantitative estimate of drug-likeness (QED) is 0.611. The molecule has 30 heavy (non-hydrogen) atoms. The fourth-order valence-corrected chi connectivity index (χ4v) is 4.19. The highest BCUT2D eigenvalue weighted by molar-refractivity contribution is 7.10. The van der Waals surface area contributed by atoms with Crippen molar-refractivity contribution in [2.75, 3.05) is 11.9 Å². The lowest BCUT2D eigenvalue weighted by Gasteiger charge is -2.18. The van der Waals surface area contributed by atoms with Crippen LogP contribution in [0.2, 0.25) is 0 Å². The Morgan fingerprint density at radius 1 is 1.10 bits per heavy atom. The van der Waals surface area contributed by atoms with Crippen LogP contribution in [0.4, 0.5) is 10.1 Å². The second-order valence-corrected chi connectivity index (χ2v) is 8.02. The summed E-state index contributed by atoms with van der Waals surface area (Å²) in [5, 5.41) is 7.76. The fourth-order valence-electron chi connectivity index (χ4n) is 3.39. The molecule has 1 fully saturated rings. The number of hydrogen-bond donors (Lipinski definition) is 2. The van der Waals surface area contributed by atoms with E-state index in [-0.39, 0.29) is 17.6 Å². The van der Waals surface area contributed by atoms with Crippen LogP contribution in [-0.2, 0) is 9.53 Å². The number of ether oxygens (including phenoxy) is 1. The summed E-state index contributed by atoms with van der Waals surface area (Å²) in [5.74, 6) is -0.816. The second kappa shape index (κ2) is 9.19. The number of hydrogen-bond acceptors (Lipinski definition) is 4. The number of carbonyl (C=O) groups is 2. The van der Waals surface area contributed by atoms with Crippen molar-refractivity contribution in [2.24, 2.45) is 0 Å². The molecule has 2 unspecified atom stereocenters. The van der Waals surface area contributed by atoms with Crippen molar-refractivity contribution in [1.29, 1.82) is 0 Å². The van der Waals surface area contributed by atoms with Crippen LogP contribution in [0.3, 0.4) is 0 Å². The molecule has 0 spiro atoms. The summed E-state index contributed by atoms with van der Waals surface area (Å²) in [6.45, 7) is 0.591. The first-order chi connectivity index (χ1) is 14.6. The summed E-state index contributed by atoms with van der Waals surface area (Å²) in [5.41, 5.74) is 1.75. The van der Waals surface area contributed by atoms with Crippen LogP contribution in [0.25, 0.3) is 0 Å². The molecule has 154 valence electrons. The number of amides is 2. The van der Waals surface area contributed by atoms with E-state index in [0.717, 1.165) is 16.9 Å². The van der Waals surface area contributed by atoms with Gasteiger partial charge < -0.3 is 15.4 Å². The van der Waals surface area contributed by atoms with Gasteiger partial charge in [0.2, 0.25) is 0 Å². The van der Waals surface area contributed by atoms with E-state index in [0.29, 0.717) is 24.3 Å². The predicted octanol–water partition coefficient (Wildman–Crippen LogP) is 4.52. The van der Waals surface area contributed by atoms with E-state index in [4.69, 9.17) is 4.74 Å². The lowest BCUT2D eigenvalue weighted by atomic mass is 10.0. The molecule has 0 radical (unpaired) electrons. The molecular formula is C23H21FN2O3S. The van der Waals surface area contributed by atoms with Crippen molar-refractivity contribution in [3.63, 3.8) is 0 Å². The molecule has 0 bridgehead atoms. The summed E-state index contributed by atoms with van der Waals surface area (Å²) in [6, 6.07) is 16.3. The maximum Gasteiger partial charge on any atom is 0.253 e. The van der Waals surface area contributed by atoms with E-state index in [9.17, 15) is 14.0 Å². The Kier molecular flexibility index (Phi) is 6.21. The zero-order valence-corrected chi connectivity index (χ0v) is 17.0. The Hall–Kier alpha value is -3.03. The van der Waals surface area contributed by atoms with Gasteiger partial charge in [0.05, 0.1) is 6.04 Å². The summed E-state index contributed by atoms with van der Waals surface area (Å²) in [6.07, 6.45) is 1.13. The van der Waals surface area contributed by atoms with Crippen LogP contribution in [0.15, 0.2) is 66.0 Å². The van der Waals surface area contributed by atoms with Gasteiger partial charge in [-0.2, -0.15) is 0 Å². The molecule has 2 N–H and O–H groups in total. The first-order valence-corrected chi connectivity index (χ1v) is 10.6. The van der Waals surface area contributed by atoms with Crippen LogP contribution in [0.5, 0.6) is 0 Å². The van der Waals surface area contributed by atoms with Crippen LogP contribution in [-0.4, -0.2) is 24.5 Å². The largest absolute Gasteiger partial charge is 0.368 e. The Morgan fingerprint density at radius 3 is 2.63 bits per heavy atom. The molecular weight excluding hydrogens is 403 g/mol. The molecule has 1 aliphatic rings. The average Bonchev–Trinajstić information content (AvgIpc) is 3.47. The van der Waals surface area contributed by atoms with Gasteiger partial charge >= 0.3 is 0 Å². The van der Waals surface area contributed by atoms with E-state index in [1.807, 2.05) is 17.5 Å². The summed E-state index contributed by atoms with van der Waals surface area (Å²) in [4.78, 5) is 26.2. The van der Waals surface area contributed by atoms with Crippen molar-refractivity contribution in [2.45, 2.75) is 25.0 Å². The third-order valence-electron chi connectivity index (χ3n) is 4.92. The van der Waals surface area contributed by atoms with E-state index in [1.54, 1.807) is 36.4 Å². The monoisotopic (exact) mass is 424 g/mol. The molecule has 2 aromatic carbocycles. The third kappa shape index (κ3) is 4.75. The van der Waals surface area contributed by atoms with E-state index < -0.39 is 12.1 Å². The molecule has 1 aliphatic heterocycles. The van der Waals surface area contributed by atoms with E-state index in [2.05, 4.69) is 10.6 Å². The minimum absolute atomic E-state index is 0.201. The Labute approximate surface area is 177 Å².